The molecule has 104 valence electrons. The van der Waals surface area contributed by atoms with E-state index in [9.17, 15) is 4.79 Å². The van der Waals surface area contributed by atoms with Crippen molar-refractivity contribution < 1.29 is 9.53 Å². The van der Waals surface area contributed by atoms with Crippen LogP contribution in [0.15, 0.2) is 59.4 Å². The van der Waals surface area contributed by atoms with E-state index in [4.69, 9.17) is 4.74 Å². The van der Waals surface area contributed by atoms with Crippen LogP contribution >= 0.6 is 0 Å². The summed E-state index contributed by atoms with van der Waals surface area (Å²) < 4.78 is 5.54. The maximum absolute atomic E-state index is 11.7. The second-order valence-corrected chi connectivity index (χ2v) is 5.02. The monoisotopic (exact) mass is 268 g/mol. The van der Waals surface area contributed by atoms with E-state index >= 15 is 0 Å². The topological polar surface area (TPSA) is 26.3 Å². The lowest BCUT2D eigenvalue weighted by Gasteiger charge is -2.25. The minimum absolute atomic E-state index is 0.293. The van der Waals surface area contributed by atoms with Crippen molar-refractivity contribution in [1.29, 1.82) is 0 Å². The highest BCUT2D eigenvalue weighted by atomic mass is 16.6. The third-order valence-electron chi connectivity index (χ3n) is 3.74. The van der Waals surface area contributed by atoms with Crippen LogP contribution in [0, 0.1) is 0 Å². The molecule has 0 saturated heterocycles. The summed E-state index contributed by atoms with van der Waals surface area (Å²) in [4.78, 5) is 11.7. The van der Waals surface area contributed by atoms with Crippen LogP contribution in [0.25, 0.3) is 0 Å². The molecule has 0 aliphatic carbocycles. The summed E-state index contributed by atoms with van der Waals surface area (Å²) in [5.74, 6) is -0.293. The lowest BCUT2D eigenvalue weighted by molar-refractivity contribution is -0.145. The second-order valence-electron chi connectivity index (χ2n) is 5.02. The fourth-order valence-electron chi connectivity index (χ4n) is 2.35. The number of ether oxygens (including phenoxy) is 1. The van der Waals surface area contributed by atoms with E-state index in [2.05, 4.69) is 19.6 Å². The summed E-state index contributed by atoms with van der Waals surface area (Å²) in [6.07, 6.45) is 5.39. The van der Waals surface area contributed by atoms with Crippen molar-refractivity contribution in [3.8, 4) is 0 Å². The van der Waals surface area contributed by atoms with Gasteiger partial charge >= 0.3 is 5.97 Å². The van der Waals surface area contributed by atoms with E-state index in [1.807, 2.05) is 43.3 Å². The Labute approximate surface area is 120 Å². The largest absolute Gasteiger partial charge is 0.446 e. The van der Waals surface area contributed by atoms with E-state index < -0.39 is 5.60 Å². The van der Waals surface area contributed by atoms with Gasteiger partial charge in [-0.05, 0) is 37.0 Å². The van der Waals surface area contributed by atoms with Gasteiger partial charge in [-0.2, -0.15) is 0 Å². The van der Waals surface area contributed by atoms with Gasteiger partial charge < -0.3 is 4.74 Å². The average Bonchev–Trinajstić information content (AvgIpc) is 2.77. The van der Waals surface area contributed by atoms with Gasteiger partial charge in [-0.15, -0.1) is 5.73 Å². The van der Waals surface area contributed by atoms with Crippen LogP contribution in [0.4, 0.5) is 0 Å². The number of esters is 1. The Balaban J connectivity index is 2.43. The maximum atomic E-state index is 11.7. The van der Waals surface area contributed by atoms with Crippen molar-refractivity contribution >= 4 is 5.97 Å². The third kappa shape index (κ3) is 2.76. The highest BCUT2D eigenvalue weighted by Gasteiger charge is 2.39. The van der Waals surface area contributed by atoms with Crippen LogP contribution in [-0.4, -0.2) is 5.97 Å². The van der Waals surface area contributed by atoms with Gasteiger partial charge in [0.25, 0.3) is 0 Å². The Morgan fingerprint density at radius 1 is 1.25 bits per heavy atom. The molecule has 1 atom stereocenters. The van der Waals surface area contributed by atoms with Crippen molar-refractivity contribution in [3.63, 3.8) is 0 Å². The van der Waals surface area contributed by atoms with E-state index in [1.165, 1.54) is 5.57 Å². The number of carbonyl (C=O) groups is 1. The van der Waals surface area contributed by atoms with Gasteiger partial charge in [0.2, 0.25) is 0 Å². The van der Waals surface area contributed by atoms with Gasteiger partial charge in [-0.25, -0.2) is 4.79 Å². The van der Waals surface area contributed by atoms with Crippen LogP contribution in [0.3, 0.4) is 0 Å². The second kappa shape index (κ2) is 5.94. The van der Waals surface area contributed by atoms with Crippen LogP contribution in [-0.2, 0) is 15.1 Å². The molecule has 1 heterocycles. The first-order valence-corrected chi connectivity index (χ1v) is 7.05. The summed E-state index contributed by atoms with van der Waals surface area (Å²) in [5.41, 5.74) is 5.66. The first kappa shape index (κ1) is 14.4. The summed E-state index contributed by atoms with van der Waals surface area (Å²) in [6.45, 7) is 6.15. The fourth-order valence-corrected chi connectivity index (χ4v) is 2.35. The molecule has 0 amide bonds. The molecule has 0 spiro atoms. The maximum Gasteiger partial charge on any atom is 0.332 e. The molecule has 0 N–H and O–H groups in total. The molecule has 0 aromatic heterocycles. The van der Waals surface area contributed by atoms with E-state index in [0.29, 0.717) is 0 Å². The van der Waals surface area contributed by atoms with Gasteiger partial charge in [-0.3, -0.25) is 0 Å². The predicted octanol–water partition coefficient (Wildman–Crippen LogP) is 4.29. The number of benzene rings is 1. The standard InChI is InChI=1S/C18H20O2/c1-4-14(5-2)11-12-16-13-17(19)20-18(16,3)15-9-7-6-8-10-15/h6-10,12-13H,4-5H2,1-3H3. The molecule has 2 heteroatoms. The van der Waals surface area contributed by atoms with Crippen molar-refractivity contribution in [2.24, 2.45) is 0 Å². The summed E-state index contributed by atoms with van der Waals surface area (Å²) in [5, 5.41) is 0. The van der Waals surface area contributed by atoms with Gasteiger partial charge in [0.1, 0.15) is 0 Å². The molecule has 1 aliphatic rings. The zero-order valence-electron chi connectivity index (χ0n) is 12.3. The van der Waals surface area contributed by atoms with E-state index in [0.717, 1.165) is 24.0 Å². The Morgan fingerprint density at radius 3 is 2.50 bits per heavy atom. The quantitative estimate of drug-likeness (QED) is 0.601. The molecule has 1 unspecified atom stereocenters. The lowest BCUT2D eigenvalue weighted by Crippen LogP contribution is -2.24. The lowest BCUT2D eigenvalue weighted by atomic mass is 9.88. The van der Waals surface area contributed by atoms with Crippen molar-refractivity contribution in [1.82, 2.24) is 0 Å². The zero-order chi connectivity index (χ0) is 14.6. The Kier molecular flexibility index (Phi) is 4.26. The molecule has 1 aromatic carbocycles. The Morgan fingerprint density at radius 2 is 1.90 bits per heavy atom. The zero-order valence-corrected chi connectivity index (χ0v) is 12.3. The van der Waals surface area contributed by atoms with Gasteiger partial charge in [-0.1, -0.05) is 44.2 Å². The first-order valence-electron chi connectivity index (χ1n) is 7.05. The molecule has 0 saturated carbocycles. The van der Waals surface area contributed by atoms with Gasteiger partial charge in [0.05, 0.1) is 0 Å². The number of carbonyl (C=O) groups excluding carboxylic acids is 1. The number of hydrogen-bond donors (Lipinski definition) is 0. The van der Waals surface area contributed by atoms with Crippen LogP contribution in [0.5, 0.6) is 0 Å². The van der Waals surface area contributed by atoms with Gasteiger partial charge in [0.15, 0.2) is 5.60 Å². The number of rotatable bonds is 4. The molecule has 1 aromatic rings. The number of cyclic esters (lactones) is 1. The first-order chi connectivity index (χ1) is 9.60. The molecule has 1 aliphatic heterocycles. The molecule has 20 heavy (non-hydrogen) atoms. The van der Waals surface area contributed by atoms with E-state index in [-0.39, 0.29) is 5.97 Å². The minimum atomic E-state index is -0.710. The predicted molar refractivity (Wildman–Crippen MR) is 80.1 cm³/mol. The van der Waals surface area contributed by atoms with Crippen molar-refractivity contribution in [2.45, 2.75) is 39.2 Å². The molecule has 2 nitrogen and oxygen atoms in total. The third-order valence-corrected chi connectivity index (χ3v) is 3.74. The Hall–Kier alpha value is -2.05. The van der Waals surface area contributed by atoms with Crippen molar-refractivity contribution in [3.05, 3.63) is 64.9 Å². The smallest absolute Gasteiger partial charge is 0.332 e. The highest BCUT2D eigenvalue weighted by Crippen LogP contribution is 2.38. The highest BCUT2D eigenvalue weighted by molar-refractivity contribution is 5.87. The normalized spacial score (nSPS) is 20.9. The minimum Gasteiger partial charge on any atom is -0.446 e. The molecular weight excluding hydrogens is 248 g/mol. The molecule has 0 bridgehead atoms. The SMILES string of the molecule is CCC(=C=CC1=CC(=O)OC1(C)c1ccccc1)CC. The number of hydrogen-bond acceptors (Lipinski definition) is 2. The molecule has 2 rings (SSSR count). The summed E-state index contributed by atoms with van der Waals surface area (Å²) >= 11 is 0. The summed E-state index contributed by atoms with van der Waals surface area (Å²) in [6, 6.07) is 9.81. The van der Waals surface area contributed by atoms with Crippen LogP contribution < -0.4 is 0 Å². The van der Waals surface area contributed by atoms with Crippen LogP contribution in [0.1, 0.15) is 39.2 Å². The molecular formula is C18H20O2. The average molecular weight is 268 g/mol. The summed E-state index contributed by atoms with van der Waals surface area (Å²) in [7, 11) is 0. The van der Waals surface area contributed by atoms with E-state index in [1.54, 1.807) is 6.08 Å². The molecule has 0 fully saturated rings. The molecule has 0 radical (unpaired) electrons. The fraction of sp³-hybridized carbons (Fsp3) is 0.333. The Bertz CT molecular complexity index is 583. The van der Waals surface area contributed by atoms with Crippen LogP contribution in [0.2, 0.25) is 0 Å². The van der Waals surface area contributed by atoms with Gasteiger partial charge in [0, 0.05) is 11.6 Å². The van der Waals surface area contributed by atoms with Crippen molar-refractivity contribution in [2.75, 3.05) is 0 Å².